The van der Waals surface area contributed by atoms with Crippen molar-refractivity contribution < 1.29 is 4.74 Å². The van der Waals surface area contributed by atoms with Gasteiger partial charge in [-0.2, -0.15) is 5.10 Å². The summed E-state index contributed by atoms with van der Waals surface area (Å²) in [6, 6.07) is 6.31. The number of pyridine rings is 3. The van der Waals surface area contributed by atoms with Crippen LogP contribution in [-0.2, 0) is 0 Å². The lowest BCUT2D eigenvalue weighted by atomic mass is 10.1. The van der Waals surface area contributed by atoms with E-state index in [1.54, 1.807) is 6.20 Å². The van der Waals surface area contributed by atoms with Crippen LogP contribution in [0.25, 0.3) is 44.5 Å². The van der Waals surface area contributed by atoms with Crippen LogP contribution in [-0.4, -0.2) is 75.4 Å². The van der Waals surface area contributed by atoms with Crippen LogP contribution in [0.2, 0.25) is 0 Å². The summed E-state index contributed by atoms with van der Waals surface area (Å²) in [6.07, 6.45) is 13.0. The SMILES string of the molecule is CN(C)CCOc1cncc(-c2cnc3n[nH]c(-c4cc5c(N6CCCCC6)cncc5[nH]4)c3c2)c1. The minimum Gasteiger partial charge on any atom is -0.491 e. The molecular weight excluding hydrogens is 452 g/mol. The smallest absolute Gasteiger partial charge is 0.181 e. The topological polar surface area (TPSA) is 98.8 Å². The Morgan fingerprint density at radius 1 is 0.917 bits per heavy atom. The number of rotatable bonds is 7. The number of aromatic amines is 2. The first-order valence-corrected chi connectivity index (χ1v) is 12.4. The van der Waals surface area contributed by atoms with Crippen LogP contribution < -0.4 is 9.64 Å². The van der Waals surface area contributed by atoms with Crippen LogP contribution in [0, 0.1) is 0 Å². The number of nitrogens with zero attached hydrogens (tertiary/aromatic N) is 6. The summed E-state index contributed by atoms with van der Waals surface area (Å²) < 4.78 is 5.88. The molecule has 5 aromatic rings. The molecule has 0 saturated carbocycles. The molecule has 0 aromatic carbocycles. The summed E-state index contributed by atoms with van der Waals surface area (Å²) in [5.74, 6) is 0.746. The number of piperidine rings is 1. The fraction of sp³-hybridized carbons (Fsp3) is 0.333. The molecule has 2 N–H and O–H groups in total. The Bertz CT molecular complexity index is 1500. The summed E-state index contributed by atoms with van der Waals surface area (Å²) >= 11 is 0. The van der Waals surface area contributed by atoms with Crippen LogP contribution in [0.1, 0.15) is 19.3 Å². The van der Waals surface area contributed by atoms with Gasteiger partial charge in [-0.1, -0.05) is 0 Å². The van der Waals surface area contributed by atoms with E-state index < -0.39 is 0 Å². The number of hydrogen-bond acceptors (Lipinski definition) is 7. The van der Waals surface area contributed by atoms with E-state index in [0.717, 1.165) is 58.8 Å². The Morgan fingerprint density at radius 2 is 1.75 bits per heavy atom. The average Bonchev–Trinajstić information content (AvgIpc) is 3.53. The van der Waals surface area contributed by atoms with Crippen LogP contribution in [0.4, 0.5) is 5.69 Å². The van der Waals surface area contributed by atoms with Crippen molar-refractivity contribution in [1.82, 2.24) is 35.0 Å². The number of hydrogen-bond donors (Lipinski definition) is 2. The minimum absolute atomic E-state index is 0.607. The Morgan fingerprint density at radius 3 is 2.61 bits per heavy atom. The Labute approximate surface area is 209 Å². The summed E-state index contributed by atoms with van der Waals surface area (Å²) in [7, 11) is 4.05. The van der Waals surface area contributed by atoms with Gasteiger partial charge in [0.15, 0.2) is 5.65 Å². The van der Waals surface area contributed by atoms with Crippen molar-refractivity contribution in [1.29, 1.82) is 0 Å². The lowest BCUT2D eigenvalue weighted by molar-refractivity contribution is 0.261. The van der Waals surface area contributed by atoms with Crippen LogP contribution >= 0.6 is 0 Å². The van der Waals surface area contributed by atoms with E-state index in [2.05, 4.69) is 52.1 Å². The third-order valence-corrected chi connectivity index (χ3v) is 6.75. The molecule has 184 valence electrons. The number of ether oxygens (including phenoxy) is 1. The van der Waals surface area contributed by atoms with E-state index in [0.29, 0.717) is 12.3 Å². The van der Waals surface area contributed by atoms with Gasteiger partial charge in [0, 0.05) is 53.9 Å². The van der Waals surface area contributed by atoms with Gasteiger partial charge in [-0.3, -0.25) is 15.1 Å². The standard InChI is InChI=1S/C27H30N8O/c1-34(2)8-9-36-20-10-18(13-28-15-20)19-11-22-26(32-33-27(22)30-14-19)23-12-21-24(31-23)16-29-17-25(21)35-6-4-3-5-7-35/h10-17,31H,3-9H2,1-2H3,(H,30,32,33). The van der Waals surface area contributed by atoms with Crippen LogP contribution in [0.15, 0.2) is 49.2 Å². The average molecular weight is 483 g/mol. The molecule has 1 aliphatic heterocycles. The summed E-state index contributed by atoms with van der Waals surface area (Å²) in [5, 5.41) is 9.79. The first-order chi connectivity index (χ1) is 17.7. The lowest BCUT2D eigenvalue weighted by Gasteiger charge is -2.28. The summed E-state index contributed by atoms with van der Waals surface area (Å²) in [5.41, 5.74) is 6.67. The largest absolute Gasteiger partial charge is 0.491 e. The second-order valence-electron chi connectivity index (χ2n) is 9.61. The van der Waals surface area contributed by atoms with Crippen molar-refractivity contribution in [3.63, 3.8) is 0 Å². The quantitative estimate of drug-likeness (QED) is 0.353. The van der Waals surface area contributed by atoms with Crippen molar-refractivity contribution in [3.8, 4) is 28.3 Å². The van der Waals surface area contributed by atoms with E-state index in [-0.39, 0.29) is 0 Å². The van der Waals surface area contributed by atoms with Crippen molar-refractivity contribution in [2.45, 2.75) is 19.3 Å². The van der Waals surface area contributed by atoms with E-state index in [1.807, 2.05) is 44.9 Å². The molecule has 6 heterocycles. The number of anilines is 1. The third-order valence-electron chi connectivity index (χ3n) is 6.75. The van der Waals surface area contributed by atoms with E-state index >= 15 is 0 Å². The second kappa shape index (κ2) is 9.58. The number of nitrogens with one attached hydrogen (secondary N) is 2. The molecule has 0 spiro atoms. The molecule has 1 saturated heterocycles. The molecule has 0 unspecified atom stereocenters. The highest BCUT2D eigenvalue weighted by atomic mass is 16.5. The van der Waals surface area contributed by atoms with E-state index in [1.165, 1.54) is 30.3 Å². The Hall–Kier alpha value is -3.98. The summed E-state index contributed by atoms with van der Waals surface area (Å²) in [4.78, 5) is 21.6. The van der Waals surface area contributed by atoms with Gasteiger partial charge in [-0.05, 0) is 51.6 Å². The number of H-pyrrole nitrogens is 2. The molecule has 36 heavy (non-hydrogen) atoms. The van der Waals surface area contributed by atoms with Crippen LogP contribution in [0.5, 0.6) is 5.75 Å². The maximum Gasteiger partial charge on any atom is 0.181 e. The van der Waals surface area contributed by atoms with Crippen molar-refractivity contribution in [2.75, 3.05) is 45.2 Å². The highest BCUT2D eigenvalue weighted by molar-refractivity contribution is 5.99. The van der Waals surface area contributed by atoms with E-state index in [4.69, 9.17) is 4.74 Å². The monoisotopic (exact) mass is 482 g/mol. The first kappa shape index (κ1) is 22.5. The predicted molar refractivity (Wildman–Crippen MR) is 142 cm³/mol. The maximum atomic E-state index is 5.88. The van der Waals surface area contributed by atoms with Crippen LogP contribution in [0.3, 0.4) is 0 Å². The molecule has 9 heteroatoms. The van der Waals surface area contributed by atoms with Crippen molar-refractivity contribution >= 4 is 27.6 Å². The molecule has 0 amide bonds. The zero-order valence-electron chi connectivity index (χ0n) is 20.7. The van der Waals surface area contributed by atoms with E-state index in [9.17, 15) is 0 Å². The summed E-state index contributed by atoms with van der Waals surface area (Å²) in [6.45, 7) is 3.60. The molecule has 0 radical (unpaired) electrons. The van der Waals surface area contributed by atoms with Gasteiger partial charge in [-0.15, -0.1) is 0 Å². The number of fused-ring (bicyclic) bond motifs is 2. The molecule has 5 aromatic heterocycles. The molecule has 0 bridgehead atoms. The number of aromatic nitrogens is 6. The van der Waals surface area contributed by atoms with Gasteiger partial charge in [0.05, 0.1) is 41.2 Å². The normalized spacial score (nSPS) is 14.2. The molecule has 1 aliphatic rings. The van der Waals surface area contributed by atoms with Gasteiger partial charge in [-0.25, -0.2) is 4.98 Å². The molecule has 0 atom stereocenters. The van der Waals surface area contributed by atoms with Gasteiger partial charge in [0.1, 0.15) is 12.4 Å². The molecular formula is C27H30N8O. The molecule has 0 aliphatic carbocycles. The zero-order chi connectivity index (χ0) is 24.5. The molecule has 1 fully saturated rings. The van der Waals surface area contributed by atoms with Crippen molar-refractivity contribution in [3.05, 3.63) is 49.2 Å². The Kier molecular flexibility index (Phi) is 5.98. The zero-order valence-corrected chi connectivity index (χ0v) is 20.7. The van der Waals surface area contributed by atoms with Gasteiger partial charge < -0.3 is 19.5 Å². The lowest BCUT2D eigenvalue weighted by Crippen LogP contribution is -2.29. The maximum absolute atomic E-state index is 5.88. The Balaban J connectivity index is 1.34. The second-order valence-corrected chi connectivity index (χ2v) is 9.61. The highest BCUT2D eigenvalue weighted by Gasteiger charge is 2.18. The van der Waals surface area contributed by atoms with Gasteiger partial charge in [0.25, 0.3) is 0 Å². The third kappa shape index (κ3) is 4.37. The minimum atomic E-state index is 0.607. The highest BCUT2D eigenvalue weighted by Crippen LogP contribution is 2.34. The van der Waals surface area contributed by atoms with Gasteiger partial charge in [0.2, 0.25) is 0 Å². The van der Waals surface area contributed by atoms with Gasteiger partial charge >= 0.3 is 0 Å². The number of likely N-dealkylation sites (N-methyl/N-ethyl adjacent to an activating group) is 1. The van der Waals surface area contributed by atoms with Crippen molar-refractivity contribution in [2.24, 2.45) is 0 Å². The fourth-order valence-electron chi connectivity index (χ4n) is 4.82. The predicted octanol–water partition coefficient (Wildman–Crippen LogP) is 4.49. The first-order valence-electron chi connectivity index (χ1n) is 12.4. The molecule has 6 rings (SSSR count). The molecule has 9 nitrogen and oxygen atoms in total. The fourth-order valence-corrected chi connectivity index (χ4v) is 4.82.